The van der Waals surface area contributed by atoms with Crippen LogP contribution >= 0.6 is 0 Å². The van der Waals surface area contributed by atoms with Crippen LogP contribution in [0.4, 0.5) is 4.79 Å². The van der Waals surface area contributed by atoms with E-state index in [1.807, 2.05) is 0 Å². The molecule has 3 amide bonds. The second-order valence-corrected chi connectivity index (χ2v) is 3.27. The third-order valence-corrected chi connectivity index (χ3v) is 2.16. The minimum absolute atomic E-state index is 0. The molecule has 5 heteroatoms. The number of likely N-dealkylation sites (tertiary alicyclic amines) is 1. The van der Waals surface area contributed by atoms with E-state index in [0.29, 0.717) is 13.0 Å². The fourth-order valence-electron chi connectivity index (χ4n) is 1.41. The molecule has 0 N–H and O–H groups in total. The molecule has 1 heterocycles. The third-order valence-electron chi connectivity index (χ3n) is 2.16. The zero-order valence-corrected chi connectivity index (χ0v) is 9.24. The van der Waals surface area contributed by atoms with Crippen LogP contribution in [0.3, 0.4) is 0 Å². The van der Waals surface area contributed by atoms with E-state index in [9.17, 15) is 9.59 Å². The van der Waals surface area contributed by atoms with Gasteiger partial charge in [0.15, 0.2) is 6.03 Å². The Morgan fingerprint density at radius 1 is 1.47 bits per heavy atom. The van der Waals surface area contributed by atoms with Crippen LogP contribution in [0.25, 0.3) is 5.32 Å². The molecule has 0 spiro atoms. The molecule has 1 saturated heterocycles. The standard InChI is InChI=1S/C10H16N2O2.Li/c1-2-7-11-10(14)12-8-5-3-4-6-9(12)13;/h2H,1,3-8H2,(H,11,14);/q;+1/p-1. The molecule has 0 aromatic heterocycles. The van der Waals surface area contributed by atoms with Crippen molar-refractivity contribution in [3.05, 3.63) is 18.0 Å². The molecule has 0 aliphatic carbocycles. The van der Waals surface area contributed by atoms with Gasteiger partial charge in [-0.2, -0.15) is 0 Å². The van der Waals surface area contributed by atoms with E-state index < -0.39 is 6.03 Å². The fraction of sp³-hybridized carbons (Fsp3) is 0.600. The van der Waals surface area contributed by atoms with Gasteiger partial charge in [0.2, 0.25) is 0 Å². The molecule has 1 aliphatic heterocycles. The molecular formula is C10H15LiN2O2. The summed E-state index contributed by atoms with van der Waals surface area (Å²) < 4.78 is 0. The Labute approximate surface area is 102 Å². The Hall–Kier alpha value is -0.723. The fourth-order valence-corrected chi connectivity index (χ4v) is 1.41. The molecule has 4 nitrogen and oxygen atoms in total. The van der Waals surface area contributed by atoms with E-state index in [-0.39, 0.29) is 31.3 Å². The van der Waals surface area contributed by atoms with E-state index in [0.717, 1.165) is 19.3 Å². The first kappa shape index (κ1) is 14.3. The van der Waals surface area contributed by atoms with Crippen molar-refractivity contribution in [3.63, 3.8) is 0 Å². The third kappa shape index (κ3) is 4.54. The van der Waals surface area contributed by atoms with Crippen LogP contribution in [0.15, 0.2) is 12.7 Å². The first-order chi connectivity index (χ1) is 6.75. The summed E-state index contributed by atoms with van der Waals surface area (Å²) in [7, 11) is 0. The van der Waals surface area contributed by atoms with Crippen molar-refractivity contribution in [2.75, 3.05) is 13.1 Å². The van der Waals surface area contributed by atoms with Gasteiger partial charge in [0.25, 0.3) is 0 Å². The molecule has 0 radical (unpaired) electrons. The number of urea groups is 1. The zero-order valence-electron chi connectivity index (χ0n) is 9.24. The normalized spacial score (nSPS) is 16.3. The maximum Gasteiger partial charge on any atom is 1.00 e. The molecule has 0 aromatic rings. The summed E-state index contributed by atoms with van der Waals surface area (Å²) in [5.74, 6) is -0.0969. The largest absolute Gasteiger partial charge is 1.00 e. The van der Waals surface area contributed by atoms with Gasteiger partial charge < -0.3 is 10.2 Å². The zero-order chi connectivity index (χ0) is 10.4. The van der Waals surface area contributed by atoms with Crippen molar-refractivity contribution in [1.82, 2.24) is 4.90 Å². The van der Waals surface area contributed by atoms with Crippen LogP contribution in [0.1, 0.15) is 25.7 Å². The van der Waals surface area contributed by atoms with Gasteiger partial charge in [0.1, 0.15) is 5.91 Å². The second kappa shape index (κ2) is 7.55. The number of nitrogens with zero attached hydrogens (tertiary/aromatic N) is 2. The summed E-state index contributed by atoms with van der Waals surface area (Å²) in [4.78, 5) is 24.1. The summed E-state index contributed by atoms with van der Waals surface area (Å²) >= 11 is 0. The Morgan fingerprint density at radius 2 is 2.20 bits per heavy atom. The van der Waals surface area contributed by atoms with Crippen molar-refractivity contribution >= 4 is 11.9 Å². The molecule has 0 saturated carbocycles. The Morgan fingerprint density at radius 3 is 2.87 bits per heavy atom. The predicted molar refractivity (Wildman–Crippen MR) is 54.0 cm³/mol. The van der Waals surface area contributed by atoms with Gasteiger partial charge in [-0.3, -0.25) is 9.59 Å². The summed E-state index contributed by atoms with van der Waals surface area (Å²) in [5.41, 5.74) is 0. The van der Waals surface area contributed by atoms with Gasteiger partial charge in [-0.15, -0.1) is 6.58 Å². The number of carbonyl (C=O) groups is 2. The molecular weight excluding hydrogens is 187 g/mol. The maximum absolute atomic E-state index is 11.4. The average molecular weight is 202 g/mol. The van der Waals surface area contributed by atoms with Crippen LogP contribution in [0.2, 0.25) is 0 Å². The second-order valence-electron chi connectivity index (χ2n) is 3.27. The van der Waals surface area contributed by atoms with Gasteiger partial charge >= 0.3 is 18.9 Å². The maximum atomic E-state index is 11.4. The summed E-state index contributed by atoms with van der Waals surface area (Å²) in [6.07, 6.45) is 4.79. The van der Waals surface area contributed by atoms with Gasteiger partial charge in [-0.25, -0.2) is 0 Å². The van der Waals surface area contributed by atoms with Gasteiger partial charge in [-0.1, -0.05) is 18.9 Å². The van der Waals surface area contributed by atoms with Gasteiger partial charge in [0, 0.05) is 6.42 Å². The van der Waals surface area contributed by atoms with Crippen LogP contribution in [0, 0.1) is 0 Å². The molecule has 15 heavy (non-hydrogen) atoms. The molecule has 0 unspecified atom stereocenters. The topological polar surface area (TPSA) is 51.5 Å². The SMILES string of the molecule is C=CC[N-]C(=O)N1CCCCCC1=O.[Li+]. The molecule has 0 aromatic carbocycles. The number of amides is 3. The molecule has 0 bridgehead atoms. The van der Waals surface area contributed by atoms with Crippen molar-refractivity contribution in [1.29, 1.82) is 0 Å². The quantitative estimate of drug-likeness (QED) is 0.429. The number of rotatable bonds is 2. The first-order valence-corrected chi connectivity index (χ1v) is 4.88. The smallest absolute Gasteiger partial charge is 0.426 e. The molecule has 0 atom stereocenters. The number of hydrogen-bond donors (Lipinski definition) is 0. The van der Waals surface area contributed by atoms with Gasteiger partial charge in [-0.05, 0) is 19.5 Å². The van der Waals surface area contributed by atoms with Gasteiger partial charge in [0.05, 0.1) is 0 Å². The monoisotopic (exact) mass is 202 g/mol. The predicted octanol–water partition coefficient (Wildman–Crippen LogP) is -0.927. The van der Waals surface area contributed by atoms with Crippen LogP contribution in [0.5, 0.6) is 0 Å². The summed E-state index contributed by atoms with van der Waals surface area (Å²) in [5, 5.41) is 3.71. The molecule has 1 fully saturated rings. The van der Waals surface area contributed by atoms with Crippen LogP contribution in [-0.4, -0.2) is 29.9 Å². The Bertz CT molecular complexity index is 244. The number of imide groups is 1. The number of hydrogen-bond acceptors (Lipinski definition) is 2. The van der Waals surface area contributed by atoms with Crippen LogP contribution < -0.4 is 18.9 Å². The minimum atomic E-state index is -0.420. The molecule has 1 rings (SSSR count). The summed E-state index contributed by atoms with van der Waals surface area (Å²) in [6, 6.07) is -0.420. The van der Waals surface area contributed by atoms with Crippen molar-refractivity contribution < 1.29 is 28.4 Å². The van der Waals surface area contributed by atoms with E-state index in [1.165, 1.54) is 4.90 Å². The van der Waals surface area contributed by atoms with E-state index in [4.69, 9.17) is 0 Å². The van der Waals surface area contributed by atoms with Crippen molar-refractivity contribution in [3.8, 4) is 0 Å². The summed E-state index contributed by atoms with van der Waals surface area (Å²) in [6.45, 7) is 4.26. The van der Waals surface area contributed by atoms with Crippen molar-refractivity contribution in [2.45, 2.75) is 25.7 Å². The number of carbonyl (C=O) groups excluding carboxylic acids is 2. The first-order valence-electron chi connectivity index (χ1n) is 4.88. The van der Waals surface area contributed by atoms with E-state index in [2.05, 4.69) is 11.9 Å². The Kier molecular flexibility index (Phi) is 7.19. The minimum Gasteiger partial charge on any atom is -0.426 e. The average Bonchev–Trinajstić information content (AvgIpc) is 2.39. The molecule has 1 aliphatic rings. The van der Waals surface area contributed by atoms with Crippen molar-refractivity contribution in [2.24, 2.45) is 0 Å². The van der Waals surface area contributed by atoms with E-state index in [1.54, 1.807) is 6.08 Å². The van der Waals surface area contributed by atoms with Crippen LogP contribution in [-0.2, 0) is 4.79 Å². The molecule has 78 valence electrons. The Balaban J connectivity index is 0.00000196. The van der Waals surface area contributed by atoms with E-state index >= 15 is 0 Å².